The molecular formula is C11H20N4O. The zero-order chi connectivity index (χ0) is 11.5. The molecule has 0 aliphatic carbocycles. The van der Waals surface area contributed by atoms with Gasteiger partial charge in [-0.15, -0.1) is 0 Å². The number of aromatic nitrogens is 3. The summed E-state index contributed by atoms with van der Waals surface area (Å²) in [5.41, 5.74) is 0. The van der Waals surface area contributed by atoms with Crippen LogP contribution in [-0.4, -0.2) is 33.4 Å². The van der Waals surface area contributed by atoms with Crippen LogP contribution in [0, 0.1) is 0 Å². The Balaban J connectivity index is 1.89. The quantitative estimate of drug-likeness (QED) is 0.815. The van der Waals surface area contributed by atoms with Gasteiger partial charge < -0.3 is 10.1 Å². The first kappa shape index (κ1) is 11.5. The molecule has 2 N–H and O–H groups in total. The summed E-state index contributed by atoms with van der Waals surface area (Å²) in [4.78, 5) is 4.16. The summed E-state index contributed by atoms with van der Waals surface area (Å²) < 4.78 is 5.71. The van der Waals surface area contributed by atoms with Crippen LogP contribution < -0.4 is 5.32 Å². The molecule has 3 atom stereocenters. The highest BCUT2D eigenvalue weighted by Gasteiger charge is 2.25. The Bertz CT molecular complexity index is 304. The van der Waals surface area contributed by atoms with Crippen molar-refractivity contribution in [2.75, 3.05) is 0 Å². The van der Waals surface area contributed by atoms with E-state index in [1.165, 1.54) is 0 Å². The maximum Gasteiger partial charge on any atom is 0.141 e. The van der Waals surface area contributed by atoms with E-state index < -0.39 is 0 Å². The second-order valence-electron chi connectivity index (χ2n) is 4.68. The maximum absolute atomic E-state index is 5.71. The van der Waals surface area contributed by atoms with Crippen molar-refractivity contribution in [1.82, 2.24) is 20.5 Å². The molecule has 0 radical (unpaired) electrons. The van der Waals surface area contributed by atoms with E-state index >= 15 is 0 Å². The van der Waals surface area contributed by atoms with Crippen molar-refractivity contribution in [1.29, 1.82) is 0 Å². The molecule has 1 aliphatic heterocycles. The van der Waals surface area contributed by atoms with Crippen LogP contribution in [0.3, 0.4) is 0 Å². The second kappa shape index (κ2) is 4.93. The summed E-state index contributed by atoms with van der Waals surface area (Å²) in [6.07, 6.45) is 4.33. The van der Waals surface area contributed by atoms with Crippen molar-refractivity contribution in [3.05, 3.63) is 12.2 Å². The van der Waals surface area contributed by atoms with Crippen LogP contribution in [0.1, 0.15) is 45.5 Å². The average molecular weight is 224 g/mol. The van der Waals surface area contributed by atoms with E-state index in [-0.39, 0.29) is 6.04 Å². The second-order valence-corrected chi connectivity index (χ2v) is 4.68. The summed E-state index contributed by atoms with van der Waals surface area (Å²) in [7, 11) is 0. The van der Waals surface area contributed by atoms with E-state index in [0.717, 1.165) is 18.7 Å². The molecule has 1 aliphatic rings. The van der Waals surface area contributed by atoms with Crippen molar-refractivity contribution >= 4 is 0 Å². The van der Waals surface area contributed by atoms with Crippen LogP contribution in [0.4, 0.5) is 0 Å². The molecule has 1 aromatic rings. The van der Waals surface area contributed by atoms with Crippen molar-refractivity contribution in [2.45, 2.75) is 57.9 Å². The Morgan fingerprint density at radius 2 is 2.12 bits per heavy atom. The lowest BCUT2D eigenvalue weighted by Gasteiger charge is -2.33. The lowest BCUT2D eigenvalue weighted by atomic mass is 9.99. The fourth-order valence-corrected chi connectivity index (χ4v) is 2.40. The first-order valence-electron chi connectivity index (χ1n) is 5.92. The molecular weight excluding hydrogens is 204 g/mol. The van der Waals surface area contributed by atoms with Gasteiger partial charge in [0.25, 0.3) is 0 Å². The summed E-state index contributed by atoms with van der Waals surface area (Å²) in [5.74, 6) is 0.895. The molecule has 0 spiro atoms. The molecule has 0 bridgehead atoms. The third kappa shape index (κ3) is 2.80. The van der Waals surface area contributed by atoms with Crippen LogP contribution >= 0.6 is 0 Å². The molecule has 2 rings (SSSR count). The van der Waals surface area contributed by atoms with Crippen LogP contribution in [0.25, 0.3) is 0 Å². The van der Waals surface area contributed by atoms with Gasteiger partial charge in [0, 0.05) is 6.04 Å². The number of aromatic amines is 1. The Morgan fingerprint density at radius 1 is 1.44 bits per heavy atom. The smallest absolute Gasteiger partial charge is 0.141 e. The molecule has 1 saturated heterocycles. The highest BCUT2D eigenvalue weighted by molar-refractivity contribution is 4.91. The zero-order valence-corrected chi connectivity index (χ0v) is 10.1. The minimum absolute atomic E-state index is 0.213. The molecule has 0 saturated carbocycles. The third-order valence-corrected chi connectivity index (χ3v) is 3.03. The van der Waals surface area contributed by atoms with E-state index in [1.54, 1.807) is 6.33 Å². The van der Waals surface area contributed by atoms with Gasteiger partial charge in [-0.2, -0.15) is 5.10 Å². The summed E-state index contributed by atoms with van der Waals surface area (Å²) >= 11 is 0. The minimum atomic E-state index is 0.213. The van der Waals surface area contributed by atoms with Crippen LogP contribution in [0.2, 0.25) is 0 Å². The topological polar surface area (TPSA) is 62.8 Å². The lowest BCUT2D eigenvalue weighted by Crippen LogP contribution is -2.42. The molecule has 0 aromatic carbocycles. The first-order valence-corrected chi connectivity index (χ1v) is 5.92. The molecule has 5 nitrogen and oxygen atoms in total. The summed E-state index contributed by atoms with van der Waals surface area (Å²) in [5, 5.41) is 10.3. The highest BCUT2D eigenvalue weighted by Crippen LogP contribution is 2.21. The van der Waals surface area contributed by atoms with E-state index in [2.05, 4.69) is 41.3 Å². The van der Waals surface area contributed by atoms with Crippen LogP contribution in [0.5, 0.6) is 0 Å². The molecule has 5 heteroatoms. The Hall–Kier alpha value is -0.940. The largest absolute Gasteiger partial charge is 0.375 e. The molecule has 1 aromatic heterocycles. The number of nitrogens with one attached hydrogen (secondary N) is 2. The van der Waals surface area contributed by atoms with Gasteiger partial charge in [-0.25, -0.2) is 4.98 Å². The minimum Gasteiger partial charge on any atom is -0.375 e. The number of nitrogens with zero attached hydrogens (tertiary/aromatic N) is 2. The number of H-pyrrole nitrogens is 1. The van der Waals surface area contributed by atoms with Crippen LogP contribution in [-0.2, 0) is 4.74 Å². The summed E-state index contributed by atoms with van der Waals surface area (Å²) in [6, 6.07) is 0.712. The van der Waals surface area contributed by atoms with Gasteiger partial charge in [-0.05, 0) is 33.6 Å². The number of hydrogen-bond donors (Lipinski definition) is 2. The predicted molar refractivity (Wildman–Crippen MR) is 61.0 cm³/mol. The monoisotopic (exact) mass is 224 g/mol. The van der Waals surface area contributed by atoms with Crippen molar-refractivity contribution in [2.24, 2.45) is 0 Å². The Labute approximate surface area is 96.0 Å². The van der Waals surface area contributed by atoms with E-state index in [9.17, 15) is 0 Å². The van der Waals surface area contributed by atoms with Gasteiger partial charge in [-0.3, -0.25) is 5.10 Å². The maximum atomic E-state index is 5.71. The standard InChI is InChI=1S/C11H20N4O/c1-7-4-10(5-8(2)16-7)14-9(3)11-12-6-13-15-11/h6-10,14H,4-5H2,1-3H3,(H,12,13,15). The van der Waals surface area contributed by atoms with Crippen molar-refractivity contribution in [3.63, 3.8) is 0 Å². The fraction of sp³-hybridized carbons (Fsp3) is 0.818. The molecule has 1 fully saturated rings. The Morgan fingerprint density at radius 3 is 2.69 bits per heavy atom. The predicted octanol–water partition coefficient (Wildman–Crippen LogP) is 1.41. The third-order valence-electron chi connectivity index (χ3n) is 3.03. The number of hydrogen-bond acceptors (Lipinski definition) is 4. The van der Waals surface area contributed by atoms with Gasteiger partial charge in [0.2, 0.25) is 0 Å². The normalized spacial score (nSPS) is 32.6. The number of ether oxygens (including phenoxy) is 1. The van der Waals surface area contributed by atoms with E-state index in [4.69, 9.17) is 4.74 Å². The van der Waals surface area contributed by atoms with E-state index in [0.29, 0.717) is 18.2 Å². The molecule has 16 heavy (non-hydrogen) atoms. The molecule has 90 valence electrons. The van der Waals surface area contributed by atoms with Gasteiger partial charge >= 0.3 is 0 Å². The lowest BCUT2D eigenvalue weighted by molar-refractivity contribution is -0.0434. The van der Waals surface area contributed by atoms with Gasteiger partial charge in [0.15, 0.2) is 0 Å². The van der Waals surface area contributed by atoms with Gasteiger partial charge in [-0.1, -0.05) is 0 Å². The Kier molecular flexibility index (Phi) is 3.56. The number of rotatable bonds is 3. The van der Waals surface area contributed by atoms with E-state index in [1.807, 2.05) is 0 Å². The SMILES string of the molecule is CC1CC(NC(C)c2ncn[nH]2)CC(C)O1. The summed E-state index contributed by atoms with van der Waals surface area (Å²) in [6.45, 7) is 6.36. The highest BCUT2D eigenvalue weighted by atomic mass is 16.5. The van der Waals surface area contributed by atoms with Crippen molar-refractivity contribution in [3.8, 4) is 0 Å². The van der Waals surface area contributed by atoms with Crippen molar-refractivity contribution < 1.29 is 4.74 Å². The molecule has 2 heterocycles. The molecule has 0 amide bonds. The van der Waals surface area contributed by atoms with Gasteiger partial charge in [0.05, 0.1) is 18.2 Å². The first-order chi connectivity index (χ1) is 7.65. The molecule has 3 unspecified atom stereocenters. The zero-order valence-electron chi connectivity index (χ0n) is 10.1. The average Bonchev–Trinajstić information content (AvgIpc) is 2.68. The fourth-order valence-electron chi connectivity index (χ4n) is 2.40. The van der Waals surface area contributed by atoms with Crippen LogP contribution in [0.15, 0.2) is 6.33 Å². The van der Waals surface area contributed by atoms with Gasteiger partial charge in [0.1, 0.15) is 12.2 Å².